The van der Waals surface area contributed by atoms with Gasteiger partial charge in [0.25, 0.3) is 6.10 Å². The van der Waals surface area contributed by atoms with E-state index in [1.165, 1.54) is 0 Å². The van der Waals surface area contributed by atoms with Gasteiger partial charge in [0.1, 0.15) is 5.75 Å². The minimum Gasteiger partial charge on any atom is -0.478 e. The van der Waals surface area contributed by atoms with E-state index < -0.39 is 36.1 Å². The lowest BCUT2D eigenvalue weighted by Gasteiger charge is -2.35. The van der Waals surface area contributed by atoms with Gasteiger partial charge in [0.2, 0.25) is 5.60 Å². The molecule has 7 nitrogen and oxygen atoms in total. The van der Waals surface area contributed by atoms with Crippen molar-refractivity contribution in [2.45, 2.75) is 50.4 Å². The van der Waals surface area contributed by atoms with Gasteiger partial charge in [-0.15, -0.1) is 0 Å². The fourth-order valence-corrected chi connectivity index (χ4v) is 3.48. The van der Waals surface area contributed by atoms with Crippen LogP contribution in [0.2, 0.25) is 0 Å². The number of hydrogen-bond donors (Lipinski definition) is 1. The number of hydrogen-bond acceptors (Lipinski definition) is 5. The number of rotatable bonds is 6. The van der Waals surface area contributed by atoms with Gasteiger partial charge in [0, 0.05) is 51.1 Å². The normalized spacial score (nSPS) is 18.8. The van der Waals surface area contributed by atoms with Crippen LogP contribution in [0.3, 0.4) is 0 Å². The van der Waals surface area contributed by atoms with Crippen LogP contribution < -0.4 is 4.74 Å². The molecule has 1 aromatic carbocycles. The number of halogens is 6. The molecule has 3 rings (SSSR count). The molecule has 0 bridgehead atoms. The van der Waals surface area contributed by atoms with Crippen molar-refractivity contribution in [2.24, 2.45) is 0 Å². The molecule has 1 heterocycles. The second-order valence-corrected chi connectivity index (χ2v) is 8.07. The Labute approximate surface area is 184 Å². The van der Waals surface area contributed by atoms with Crippen molar-refractivity contribution in [2.75, 3.05) is 26.2 Å². The highest BCUT2D eigenvalue weighted by Gasteiger charge is 2.60. The van der Waals surface area contributed by atoms with Gasteiger partial charge in [-0.25, -0.2) is 9.59 Å². The Balaban J connectivity index is 1.61. The number of alkyl halides is 6. The fraction of sp³-hybridized carbons (Fsp3) is 0.600. The average molecular weight is 484 g/mol. The maximum atomic E-state index is 12.6. The van der Waals surface area contributed by atoms with Gasteiger partial charge in [-0.2, -0.15) is 26.3 Å². The standard InChI is InChI=1S/C20H22F6N2O5/c1-12-3-2-4-13(14(12)33-18(5-6-18)16(29)30)11-27-7-9-28(10-8-27)17(31)32-15(19(21,22)23)20(24,25)26/h2-4,15H,5-11H2,1H3,(H,29,30). The van der Waals surface area contributed by atoms with Crippen molar-refractivity contribution in [3.63, 3.8) is 0 Å². The largest absolute Gasteiger partial charge is 0.478 e. The zero-order chi connectivity index (χ0) is 24.6. The SMILES string of the molecule is Cc1cccc(CN2CCN(C(=O)OC(C(F)(F)F)C(F)(F)F)CC2)c1OC1(C(=O)O)CC1. The molecule has 184 valence electrons. The summed E-state index contributed by atoms with van der Waals surface area (Å²) in [7, 11) is 0. The Bertz CT molecular complexity index is 878. The summed E-state index contributed by atoms with van der Waals surface area (Å²) >= 11 is 0. The second-order valence-electron chi connectivity index (χ2n) is 8.07. The number of para-hydroxylation sites is 1. The van der Waals surface area contributed by atoms with Crippen LogP contribution in [0, 0.1) is 6.92 Å². The minimum atomic E-state index is -5.77. The number of benzene rings is 1. The van der Waals surface area contributed by atoms with Gasteiger partial charge >= 0.3 is 24.4 Å². The van der Waals surface area contributed by atoms with Crippen LogP contribution in [0.1, 0.15) is 24.0 Å². The van der Waals surface area contributed by atoms with E-state index in [-0.39, 0.29) is 26.2 Å². The maximum Gasteiger partial charge on any atom is 0.434 e. The summed E-state index contributed by atoms with van der Waals surface area (Å²) in [5.74, 6) is -0.628. The van der Waals surface area contributed by atoms with Crippen LogP contribution in [0.15, 0.2) is 18.2 Å². The number of aryl methyl sites for hydroxylation is 1. The first kappa shape index (κ1) is 24.9. The first-order valence-electron chi connectivity index (χ1n) is 10.1. The molecular formula is C20H22F6N2O5. The summed E-state index contributed by atoms with van der Waals surface area (Å²) in [4.78, 5) is 26.0. The summed E-state index contributed by atoms with van der Waals surface area (Å²) in [5, 5.41) is 9.39. The zero-order valence-corrected chi connectivity index (χ0v) is 17.5. The van der Waals surface area contributed by atoms with Gasteiger partial charge in [-0.3, -0.25) is 4.90 Å². The van der Waals surface area contributed by atoms with E-state index in [2.05, 4.69) is 4.74 Å². The van der Waals surface area contributed by atoms with Crippen LogP contribution in [0.25, 0.3) is 0 Å². The molecule has 2 aliphatic rings. The van der Waals surface area contributed by atoms with Crippen LogP contribution in [0.4, 0.5) is 31.1 Å². The number of amides is 1. The minimum absolute atomic E-state index is 0.137. The van der Waals surface area contributed by atoms with Crippen molar-refractivity contribution in [3.05, 3.63) is 29.3 Å². The highest BCUT2D eigenvalue weighted by molar-refractivity contribution is 5.81. The first-order chi connectivity index (χ1) is 15.2. The number of piperazine rings is 1. The molecule has 1 aliphatic heterocycles. The van der Waals surface area contributed by atoms with E-state index in [1.54, 1.807) is 25.1 Å². The zero-order valence-electron chi connectivity index (χ0n) is 17.5. The van der Waals surface area contributed by atoms with Crippen molar-refractivity contribution in [3.8, 4) is 5.75 Å². The molecule has 1 aromatic rings. The number of carbonyl (C=O) groups excluding carboxylic acids is 1. The van der Waals surface area contributed by atoms with Crippen LogP contribution >= 0.6 is 0 Å². The van der Waals surface area contributed by atoms with Crippen LogP contribution in [0.5, 0.6) is 5.75 Å². The van der Waals surface area contributed by atoms with E-state index in [9.17, 15) is 41.0 Å². The quantitative estimate of drug-likeness (QED) is 0.620. The monoisotopic (exact) mass is 484 g/mol. The highest BCUT2D eigenvalue weighted by atomic mass is 19.4. The number of carboxylic acid groups (broad SMARTS) is 1. The molecule has 0 unspecified atom stereocenters. The molecule has 0 atom stereocenters. The molecule has 0 aromatic heterocycles. The van der Waals surface area contributed by atoms with E-state index in [0.29, 0.717) is 30.7 Å². The van der Waals surface area contributed by atoms with Crippen LogP contribution in [-0.4, -0.2) is 77.2 Å². The molecule has 1 saturated carbocycles. The molecule has 1 aliphatic carbocycles. The van der Waals surface area contributed by atoms with E-state index in [1.807, 2.05) is 4.90 Å². The van der Waals surface area contributed by atoms with Crippen molar-refractivity contribution >= 4 is 12.1 Å². The summed E-state index contributed by atoms with van der Waals surface area (Å²) in [6, 6.07) is 5.28. The van der Waals surface area contributed by atoms with Crippen molar-refractivity contribution in [1.29, 1.82) is 0 Å². The van der Waals surface area contributed by atoms with Gasteiger partial charge in [0.15, 0.2) is 0 Å². The molecule has 13 heteroatoms. The first-order valence-corrected chi connectivity index (χ1v) is 10.1. The smallest absolute Gasteiger partial charge is 0.434 e. The average Bonchev–Trinajstić information content (AvgIpc) is 3.48. The van der Waals surface area contributed by atoms with Gasteiger partial charge in [-0.05, 0) is 12.5 Å². The number of nitrogens with zero attached hydrogens (tertiary/aromatic N) is 2. The summed E-state index contributed by atoms with van der Waals surface area (Å²) in [6.45, 7) is 2.11. The van der Waals surface area contributed by atoms with E-state index >= 15 is 0 Å². The molecule has 0 spiro atoms. The third-order valence-electron chi connectivity index (χ3n) is 5.52. The van der Waals surface area contributed by atoms with Crippen molar-refractivity contribution < 1.29 is 50.5 Å². The molecule has 2 fully saturated rings. The third-order valence-corrected chi connectivity index (χ3v) is 5.52. The number of carboxylic acids is 1. The lowest BCUT2D eigenvalue weighted by Crippen LogP contribution is -2.52. The lowest BCUT2D eigenvalue weighted by molar-refractivity contribution is -0.308. The Kier molecular flexibility index (Phi) is 6.74. The number of aliphatic carboxylic acids is 1. The van der Waals surface area contributed by atoms with Crippen molar-refractivity contribution in [1.82, 2.24) is 9.80 Å². The molecule has 1 amide bonds. The molecule has 1 N–H and O–H groups in total. The summed E-state index contributed by atoms with van der Waals surface area (Å²) < 4.78 is 85.3. The van der Waals surface area contributed by atoms with Gasteiger partial charge in [-0.1, -0.05) is 18.2 Å². The number of ether oxygens (including phenoxy) is 2. The van der Waals surface area contributed by atoms with Gasteiger partial charge in [0.05, 0.1) is 0 Å². The molecule has 33 heavy (non-hydrogen) atoms. The fourth-order valence-electron chi connectivity index (χ4n) is 3.48. The predicted octanol–water partition coefficient (Wildman–Crippen LogP) is 3.74. The molecule has 0 radical (unpaired) electrons. The predicted molar refractivity (Wildman–Crippen MR) is 101 cm³/mol. The number of carbonyl (C=O) groups is 2. The Hall–Kier alpha value is -2.70. The van der Waals surface area contributed by atoms with E-state index in [0.717, 1.165) is 10.5 Å². The molecular weight excluding hydrogens is 462 g/mol. The maximum absolute atomic E-state index is 12.6. The van der Waals surface area contributed by atoms with E-state index in [4.69, 9.17) is 4.74 Å². The Morgan fingerprint density at radius 1 is 1.06 bits per heavy atom. The summed E-state index contributed by atoms with van der Waals surface area (Å²) in [5.41, 5.74) is 0.164. The van der Waals surface area contributed by atoms with Crippen LogP contribution in [-0.2, 0) is 16.1 Å². The summed E-state index contributed by atoms with van der Waals surface area (Å²) in [6.07, 6.45) is -16.7. The third kappa shape index (κ3) is 5.81. The second kappa shape index (κ2) is 8.92. The highest BCUT2D eigenvalue weighted by Crippen LogP contribution is 2.42. The Morgan fingerprint density at radius 3 is 2.12 bits per heavy atom. The lowest BCUT2D eigenvalue weighted by atomic mass is 10.1. The topological polar surface area (TPSA) is 79.3 Å². The van der Waals surface area contributed by atoms with Gasteiger partial charge < -0.3 is 19.5 Å². The Morgan fingerprint density at radius 2 is 1.64 bits per heavy atom. The molecule has 1 saturated heterocycles.